The molecule has 14 rings (SSSR count). The minimum absolute atomic E-state index is 0.0227. The largest absolute Gasteiger partial charge is 0.311 e. The van der Waals surface area contributed by atoms with Crippen molar-refractivity contribution in [1.82, 2.24) is 4.57 Å². The van der Waals surface area contributed by atoms with Crippen LogP contribution in [-0.4, -0.2) is 11.3 Å². The molecular formula is C73H68BN3. The molecule has 0 amide bonds. The third-order valence-corrected chi connectivity index (χ3v) is 18.5. The average molecular weight is 998 g/mol. The molecule has 1 aromatic heterocycles. The number of nitrogens with zero attached hydrogens (tertiary/aromatic N) is 3. The van der Waals surface area contributed by atoms with Crippen LogP contribution in [0.15, 0.2) is 194 Å². The summed E-state index contributed by atoms with van der Waals surface area (Å²) in [6.07, 6.45) is 0. The van der Waals surface area contributed by atoms with Crippen LogP contribution in [0, 0.1) is 0 Å². The molecule has 4 aliphatic rings. The average Bonchev–Trinajstić information content (AvgIpc) is 4.01. The van der Waals surface area contributed by atoms with E-state index >= 15 is 0 Å². The van der Waals surface area contributed by atoms with Crippen molar-refractivity contribution in [3.63, 3.8) is 0 Å². The van der Waals surface area contributed by atoms with Gasteiger partial charge in [-0.3, -0.25) is 0 Å². The number of benzene rings is 9. The Labute approximate surface area is 457 Å². The summed E-state index contributed by atoms with van der Waals surface area (Å²) in [5.74, 6) is 0. The lowest BCUT2D eigenvalue weighted by Gasteiger charge is -2.50. The van der Waals surface area contributed by atoms with Crippen LogP contribution in [0.3, 0.4) is 0 Å². The molecule has 10 aromatic rings. The van der Waals surface area contributed by atoms with Gasteiger partial charge in [0.2, 0.25) is 0 Å². The van der Waals surface area contributed by atoms with Crippen molar-refractivity contribution in [2.24, 2.45) is 0 Å². The summed E-state index contributed by atoms with van der Waals surface area (Å²) in [4.78, 5) is 5.35. The van der Waals surface area contributed by atoms with E-state index in [9.17, 15) is 0 Å². The van der Waals surface area contributed by atoms with Gasteiger partial charge in [0.15, 0.2) is 0 Å². The van der Waals surface area contributed by atoms with Crippen molar-refractivity contribution in [3.05, 3.63) is 239 Å². The molecule has 0 bridgehead atoms. The maximum atomic E-state index is 2.68. The van der Waals surface area contributed by atoms with Gasteiger partial charge in [-0.05, 0) is 126 Å². The van der Waals surface area contributed by atoms with Crippen molar-refractivity contribution in [2.45, 2.75) is 110 Å². The summed E-state index contributed by atoms with van der Waals surface area (Å²) >= 11 is 0. The van der Waals surface area contributed by atoms with E-state index in [1.807, 2.05) is 0 Å². The smallest absolute Gasteiger partial charge is 0.252 e. The zero-order valence-electron chi connectivity index (χ0n) is 46.9. The lowest BCUT2D eigenvalue weighted by molar-refractivity contribution is 0.589. The number of hydrogen-bond acceptors (Lipinski definition) is 2. The van der Waals surface area contributed by atoms with E-state index in [0.29, 0.717) is 0 Å². The second-order valence-corrected chi connectivity index (χ2v) is 26.2. The van der Waals surface area contributed by atoms with E-state index in [4.69, 9.17) is 0 Å². The highest BCUT2D eigenvalue weighted by Gasteiger charge is 2.50. The van der Waals surface area contributed by atoms with E-state index in [1.54, 1.807) is 0 Å². The number of para-hydroxylation sites is 3. The number of aromatic nitrogens is 1. The number of hydrogen-bond donors (Lipinski definition) is 0. The van der Waals surface area contributed by atoms with Crippen LogP contribution in [0.1, 0.15) is 128 Å². The molecule has 9 aromatic carbocycles. The number of anilines is 6. The third-order valence-electron chi connectivity index (χ3n) is 18.5. The van der Waals surface area contributed by atoms with Crippen LogP contribution in [-0.2, 0) is 27.1 Å². The van der Waals surface area contributed by atoms with Crippen molar-refractivity contribution in [2.75, 3.05) is 9.80 Å². The molecule has 1 aliphatic carbocycles. The second kappa shape index (κ2) is 16.1. The summed E-state index contributed by atoms with van der Waals surface area (Å²) in [5, 5.41) is 1.31. The first kappa shape index (κ1) is 47.6. The molecule has 4 heteroatoms. The number of fused-ring (bicyclic) bond motifs is 11. The van der Waals surface area contributed by atoms with Gasteiger partial charge < -0.3 is 14.4 Å². The summed E-state index contributed by atoms with van der Waals surface area (Å²) in [6.45, 7) is 28.5. The zero-order chi connectivity index (χ0) is 53.3. The minimum Gasteiger partial charge on any atom is -0.311 e. The maximum Gasteiger partial charge on any atom is 0.252 e. The molecule has 77 heavy (non-hydrogen) atoms. The highest BCUT2D eigenvalue weighted by molar-refractivity contribution is 7.00. The predicted octanol–water partition coefficient (Wildman–Crippen LogP) is 17.2. The van der Waals surface area contributed by atoms with E-state index in [0.717, 1.165) is 5.69 Å². The Bertz CT molecular complexity index is 4100. The Hall–Kier alpha value is -7.82. The summed E-state index contributed by atoms with van der Waals surface area (Å²) in [7, 11) is 0. The standard InChI is InChI=1S/C73H68BN3/c1-69(2,3)47-34-37-54-53(41-47)67-65(73(54,11)12)51-28-19-21-32-59(51)75(67)50-43-63-66-64(44-50)77-61-33-22-20-29-55(61)72(9,10)56-30-23-31-58(68(56)77)74(66)57-38-35-49(71(7,8)46-26-17-14-18-27-46)42-62(57)76(63)60-39-36-48(70(4,5)6)40-52(60)45-24-15-13-16-25-45/h13-44H,1-12H3. The highest BCUT2D eigenvalue weighted by Crippen LogP contribution is 2.58. The Balaban J connectivity index is 1.16. The van der Waals surface area contributed by atoms with Gasteiger partial charge in [0.1, 0.15) is 0 Å². The Kier molecular flexibility index (Phi) is 9.97. The summed E-state index contributed by atoms with van der Waals surface area (Å²) < 4.78 is 2.65. The van der Waals surface area contributed by atoms with Crippen molar-refractivity contribution < 1.29 is 0 Å². The molecule has 0 fully saturated rings. The summed E-state index contributed by atoms with van der Waals surface area (Å²) in [5.41, 5.74) is 28.7. The quantitative estimate of drug-likeness (QED) is 0.159. The molecule has 0 saturated carbocycles. The van der Waals surface area contributed by atoms with Crippen LogP contribution in [0.2, 0.25) is 0 Å². The highest BCUT2D eigenvalue weighted by atomic mass is 15.2. The molecule has 0 unspecified atom stereocenters. The molecule has 0 N–H and O–H groups in total. The molecule has 378 valence electrons. The normalized spacial score (nSPS) is 15.4. The monoisotopic (exact) mass is 998 g/mol. The van der Waals surface area contributed by atoms with Crippen LogP contribution >= 0.6 is 0 Å². The van der Waals surface area contributed by atoms with Gasteiger partial charge in [-0.1, -0.05) is 229 Å². The van der Waals surface area contributed by atoms with Gasteiger partial charge in [-0.2, -0.15) is 0 Å². The number of rotatable bonds is 5. The molecule has 0 spiro atoms. The first-order valence-electron chi connectivity index (χ1n) is 28.0. The SMILES string of the molecule is CC(C)(C)c1ccc(N2c3cc(C(C)(C)c4ccccc4)ccc3B3c4cccc5c4N(c4ccccc4C5(C)C)c4cc(-n5c6c(c7ccccc75)C(C)(C)c5ccc(C(C)(C)C)cc5-6)cc2c43)c(-c2ccccc2)c1. The Morgan fingerprint density at radius 3 is 1.74 bits per heavy atom. The summed E-state index contributed by atoms with van der Waals surface area (Å²) in [6, 6.07) is 75.0. The second-order valence-electron chi connectivity index (χ2n) is 26.2. The molecule has 4 heterocycles. The lowest BCUT2D eigenvalue weighted by atomic mass is 9.33. The predicted molar refractivity (Wildman–Crippen MR) is 328 cm³/mol. The fourth-order valence-electron chi connectivity index (χ4n) is 14.3. The van der Waals surface area contributed by atoms with E-state index in [2.05, 4.69) is 292 Å². The molecular weight excluding hydrogens is 930 g/mol. The lowest BCUT2D eigenvalue weighted by Crippen LogP contribution is -2.62. The van der Waals surface area contributed by atoms with Crippen LogP contribution < -0.4 is 26.2 Å². The third kappa shape index (κ3) is 6.70. The van der Waals surface area contributed by atoms with Gasteiger partial charge in [0.25, 0.3) is 6.71 Å². The van der Waals surface area contributed by atoms with E-state index < -0.39 is 0 Å². The van der Waals surface area contributed by atoms with E-state index in [1.165, 1.54) is 128 Å². The molecule has 3 nitrogen and oxygen atoms in total. The van der Waals surface area contributed by atoms with Gasteiger partial charge in [-0.25, -0.2) is 0 Å². The Morgan fingerprint density at radius 1 is 0.403 bits per heavy atom. The maximum absolute atomic E-state index is 2.68. The van der Waals surface area contributed by atoms with Crippen molar-refractivity contribution >= 4 is 68.1 Å². The molecule has 0 atom stereocenters. The zero-order valence-corrected chi connectivity index (χ0v) is 46.9. The van der Waals surface area contributed by atoms with Crippen molar-refractivity contribution in [1.29, 1.82) is 0 Å². The van der Waals surface area contributed by atoms with Crippen LogP contribution in [0.25, 0.3) is 39.0 Å². The van der Waals surface area contributed by atoms with Crippen LogP contribution in [0.4, 0.5) is 34.1 Å². The van der Waals surface area contributed by atoms with Gasteiger partial charge in [-0.15, -0.1) is 0 Å². The first-order valence-corrected chi connectivity index (χ1v) is 28.0. The van der Waals surface area contributed by atoms with Crippen LogP contribution in [0.5, 0.6) is 0 Å². The first-order chi connectivity index (χ1) is 36.8. The molecule has 3 aliphatic heterocycles. The minimum atomic E-state index is -0.284. The van der Waals surface area contributed by atoms with Gasteiger partial charge in [0, 0.05) is 55.5 Å². The molecule has 0 radical (unpaired) electrons. The fraction of sp³-hybridized carbons (Fsp3) is 0.233. The van der Waals surface area contributed by atoms with Crippen molar-refractivity contribution in [3.8, 4) is 28.1 Å². The Morgan fingerprint density at radius 2 is 1.01 bits per heavy atom. The van der Waals surface area contributed by atoms with E-state index in [-0.39, 0.29) is 33.8 Å². The molecule has 0 saturated heterocycles. The van der Waals surface area contributed by atoms with Gasteiger partial charge in [0.05, 0.1) is 28.3 Å². The fourth-order valence-corrected chi connectivity index (χ4v) is 14.3. The topological polar surface area (TPSA) is 11.4 Å². The van der Waals surface area contributed by atoms with Gasteiger partial charge >= 0.3 is 0 Å².